The van der Waals surface area contributed by atoms with Crippen molar-refractivity contribution < 1.29 is 0 Å². The van der Waals surface area contributed by atoms with Gasteiger partial charge in [0.15, 0.2) is 0 Å². The highest BCUT2D eigenvalue weighted by molar-refractivity contribution is 8.00. The molecule has 0 aromatic carbocycles. The monoisotopic (exact) mass is 208 g/mol. The van der Waals surface area contributed by atoms with Crippen LogP contribution in [0.15, 0.2) is 29.5 Å². The standard InChI is InChI=1S/C13H20S/c1-3-4-5-8-11-14-12(2)13-9-6-7-10-13/h6-7,9,12H,3-5,8,11H2,1-2H3. The van der Waals surface area contributed by atoms with Crippen molar-refractivity contribution in [3.63, 3.8) is 0 Å². The lowest BCUT2D eigenvalue weighted by Gasteiger charge is -2.09. The topological polar surface area (TPSA) is 0 Å². The van der Waals surface area contributed by atoms with E-state index in [1.165, 1.54) is 37.0 Å². The van der Waals surface area contributed by atoms with Gasteiger partial charge in [0.25, 0.3) is 0 Å². The van der Waals surface area contributed by atoms with E-state index in [2.05, 4.69) is 43.5 Å². The summed E-state index contributed by atoms with van der Waals surface area (Å²) in [7, 11) is 0. The highest BCUT2D eigenvalue weighted by Gasteiger charge is 2.06. The summed E-state index contributed by atoms with van der Waals surface area (Å²) in [5.41, 5.74) is 4.62. The van der Waals surface area contributed by atoms with E-state index in [0.29, 0.717) is 5.25 Å². The molecule has 0 nitrogen and oxygen atoms in total. The summed E-state index contributed by atoms with van der Waals surface area (Å²) in [6.45, 7) is 4.53. The first kappa shape index (κ1) is 11.7. The van der Waals surface area contributed by atoms with E-state index >= 15 is 0 Å². The third kappa shape index (κ3) is 4.21. The van der Waals surface area contributed by atoms with Crippen LogP contribution in [0.3, 0.4) is 0 Å². The molecule has 0 radical (unpaired) electrons. The molecule has 0 aromatic heterocycles. The number of rotatable bonds is 7. The van der Waals surface area contributed by atoms with Gasteiger partial charge in [0.2, 0.25) is 0 Å². The normalized spacial score (nSPS) is 16.0. The second-order valence-corrected chi connectivity index (χ2v) is 5.15. The van der Waals surface area contributed by atoms with Crippen LogP contribution >= 0.6 is 11.8 Å². The summed E-state index contributed by atoms with van der Waals surface area (Å²) in [5, 5.41) is 0.617. The molecule has 0 heterocycles. The van der Waals surface area contributed by atoms with Crippen molar-refractivity contribution in [3.05, 3.63) is 29.5 Å². The Balaban J connectivity index is 2.07. The van der Waals surface area contributed by atoms with E-state index < -0.39 is 0 Å². The quantitative estimate of drug-likeness (QED) is 0.443. The maximum atomic E-state index is 3.27. The van der Waals surface area contributed by atoms with Crippen LogP contribution < -0.4 is 0 Å². The third-order valence-corrected chi connectivity index (χ3v) is 3.70. The van der Waals surface area contributed by atoms with Crippen molar-refractivity contribution in [2.75, 3.05) is 5.75 Å². The van der Waals surface area contributed by atoms with Crippen LogP contribution in [-0.4, -0.2) is 11.0 Å². The van der Waals surface area contributed by atoms with Gasteiger partial charge in [0.1, 0.15) is 0 Å². The van der Waals surface area contributed by atoms with Gasteiger partial charge in [0, 0.05) is 10.8 Å². The third-order valence-electron chi connectivity index (χ3n) is 2.43. The van der Waals surface area contributed by atoms with Gasteiger partial charge >= 0.3 is 0 Å². The van der Waals surface area contributed by atoms with Gasteiger partial charge in [-0.3, -0.25) is 0 Å². The fraction of sp³-hybridized carbons (Fsp3) is 0.615. The predicted octanol–water partition coefficient (Wildman–Crippen LogP) is 4.34. The zero-order valence-corrected chi connectivity index (χ0v) is 10.1. The lowest BCUT2D eigenvalue weighted by molar-refractivity contribution is 0.706. The van der Waals surface area contributed by atoms with E-state index in [0.717, 1.165) is 0 Å². The molecule has 14 heavy (non-hydrogen) atoms. The molecule has 0 spiro atoms. The summed E-state index contributed by atoms with van der Waals surface area (Å²) in [4.78, 5) is 0. The molecule has 1 aliphatic rings. The summed E-state index contributed by atoms with van der Waals surface area (Å²) >= 11 is 2.05. The van der Waals surface area contributed by atoms with Crippen molar-refractivity contribution in [1.29, 1.82) is 0 Å². The highest BCUT2D eigenvalue weighted by Crippen LogP contribution is 2.22. The number of hydrogen-bond donors (Lipinski definition) is 0. The molecule has 0 aromatic rings. The van der Waals surface area contributed by atoms with Gasteiger partial charge in [-0.15, -0.1) is 5.73 Å². The summed E-state index contributed by atoms with van der Waals surface area (Å²) in [6, 6.07) is 0. The molecular weight excluding hydrogens is 188 g/mol. The van der Waals surface area contributed by atoms with Gasteiger partial charge in [-0.2, -0.15) is 11.8 Å². The van der Waals surface area contributed by atoms with Gasteiger partial charge in [-0.1, -0.05) is 32.3 Å². The fourth-order valence-corrected chi connectivity index (χ4v) is 2.53. The molecular formula is C13H20S. The van der Waals surface area contributed by atoms with E-state index in [-0.39, 0.29) is 0 Å². The maximum Gasteiger partial charge on any atom is 0.0342 e. The van der Waals surface area contributed by atoms with Crippen LogP contribution in [0, 0.1) is 0 Å². The molecule has 78 valence electrons. The average molecular weight is 208 g/mol. The van der Waals surface area contributed by atoms with Crippen LogP contribution in [0.25, 0.3) is 0 Å². The van der Waals surface area contributed by atoms with Crippen LogP contribution in [0.1, 0.15) is 39.5 Å². The Bertz CT molecular complexity index is 244. The molecule has 1 aliphatic carbocycles. The number of hydrogen-bond acceptors (Lipinski definition) is 1. The van der Waals surface area contributed by atoms with Crippen LogP contribution in [0.4, 0.5) is 0 Å². The Kier molecular flexibility index (Phi) is 5.82. The maximum absolute atomic E-state index is 3.27. The van der Waals surface area contributed by atoms with Gasteiger partial charge in [0.05, 0.1) is 0 Å². The minimum Gasteiger partial charge on any atom is -0.153 e. The van der Waals surface area contributed by atoms with E-state index in [4.69, 9.17) is 0 Å². The molecule has 1 rings (SSSR count). The van der Waals surface area contributed by atoms with Crippen LogP contribution in [-0.2, 0) is 0 Å². The minimum atomic E-state index is 0.617. The Morgan fingerprint density at radius 1 is 1.36 bits per heavy atom. The van der Waals surface area contributed by atoms with Crippen molar-refractivity contribution in [1.82, 2.24) is 0 Å². The van der Waals surface area contributed by atoms with Crippen LogP contribution in [0.2, 0.25) is 0 Å². The van der Waals surface area contributed by atoms with Crippen molar-refractivity contribution in [2.45, 2.75) is 44.8 Å². The van der Waals surface area contributed by atoms with E-state index in [9.17, 15) is 0 Å². The predicted molar refractivity (Wildman–Crippen MR) is 66.8 cm³/mol. The smallest absolute Gasteiger partial charge is 0.0342 e. The molecule has 0 fully saturated rings. The van der Waals surface area contributed by atoms with Crippen molar-refractivity contribution in [3.8, 4) is 0 Å². The second kappa shape index (κ2) is 6.98. The van der Waals surface area contributed by atoms with Gasteiger partial charge < -0.3 is 0 Å². The highest BCUT2D eigenvalue weighted by atomic mass is 32.2. The minimum absolute atomic E-state index is 0.617. The van der Waals surface area contributed by atoms with E-state index in [1.807, 2.05) is 6.08 Å². The van der Waals surface area contributed by atoms with Gasteiger partial charge in [-0.25, -0.2) is 0 Å². The molecule has 1 unspecified atom stereocenters. The van der Waals surface area contributed by atoms with Crippen molar-refractivity contribution >= 4 is 11.8 Å². The van der Waals surface area contributed by atoms with Gasteiger partial charge in [-0.05, 0) is 31.2 Å². The second-order valence-electron chi connectivity index (χ2n) is 3.70. The summed E-state index contributed by atoms with van der Waals surface area (Å²) in [6.07, 6.45) is 11.7. The average Bonchev–Trinajstić information content (AvgIpc) is 2.70. The first-order valence-electron chi connectivity index (χ1n) is 5.59. The Morgan fingerprint density at radius 2 is 2.21 bits per heavy atom. The molecule has 0 bridgehead atoms. The largest absolute Gasteiger partial charge is 0.153 e. The Morgan fingerprint density at radius 3 is 2.86 bits per heavy atom. The number of allylic oxidation sites excluding steroid dienone is 2. The SMILES string of the molecule is CCCCCCSC(C)C1=C=CC=C1. The first-order valence-corrected chi connectivity index (χ1v) is 6.64. The van der Waals surface area contributed by atoms with Crippen LogP contribution in [0.5, 0.6) is 0 Å². The summed E-state index contributed by atoms with van der Waals surface area (Å²) in [5.74, 6) is 1.29. The number of thioether (sulfide) groups is 1. The molecule has 0 amide bonds. The molecule has 0 saturated carbocycles. The number of unbranched alkanes of at least 4 members (excludes halogenated alkanes) is 3. The Labute approximate surface area is 92.2 Å². The molecule has 0 aliphatic heterocycles. The molecule has 0 saturated heterocycles. The molecule has 1 heteroatoms. The zero-order chi connectivity index (χ0) is 10.2. The lowest BCUT2D eigenvalue weighted by atomic mass is 10.2. The van der Waals surface area contributed by atoms with Crippen molar-refractivity contribution in [2.24, 2.45) is 0 Å². The molecule has 0 N–H and O–H groups in total. The fourth-order valence-electron chi connectivity index (χ4n) is 1.48. The zero-order valence-electron chi connectivity index (χ0n) is 9.25. The Hall–Kier alpha value is -0.390. The molecule has 1 atom stereocenters. The van der Waals surface area contributed by atoms with E-state index in [1.54, 1.807) is 0 Å². The lowest BCUT2D eigenvalue weighted by Crippen LogP contribution is -1.98. The summed E-state index contributed by atoms with van der Waals surface area (Å²) < 4.78 is 0. The first-order chi connectivity index (χ1) is 6.84.